The molecule has 0 aliphatic carbocycles. The van der Waals surface area contributed by atoms with Gasteiger partial charge in [-0.1, -0.05) is 19.1 Å². The van der Waals surface area contributed by atoms with E-state index >= 15 is 0 Å². The zero-order valence-corrected chi connectivity index (χ0v) is 8.16. The Hall–Kier alpha value is -1.12. The molecule has 0 aromatic heterocycles. The van der Waals surface area contributed by atoms with E-state index in [2.05, 4.69) is 4.74 Å². The molecule has 0 saturated heterocycles. The fourth-order valence-corrected chi connectivity index (χ4v) is 0.922. The van der Waals surface area contributed by atoms with Crippen molar-refractivity contribution in [2.24, 2.45) is 5.92 Å². The van der Waals surface area contributed by atoms with Crippen molar-refractivity contribution in [3.63, 3.8) is 0 Å². The predicted molar refractivity (Wildman–Crippen MR) is 50.2 cm³/mol. The standard InChI is InChI=1S/C10H16O3/c1-3-4-5-6-9(8-11)7-10(12)13-2/h4-5,8-9H,3,6-7H2,1-2H3/b5-4-. The van der Waals surface area contributed by atoms with Crippen LogP contribution in [0, 0.1) is 5.92 Å². The van der Waals surface area contributed by atoms with E-state index in [0.29, 0.717) is 6.42 Å². The highest BCUT2D eigenvalue weighted by atomic mass is 16.5. The molecular formula is C10H16O3. The summed E-state index contributed by atoms with van der Waals surface area (Å²) in [6, 6.07) is 0. The third-order valence-electron chi connectivity index (χ3n) is 1.69. The Morgan fingerprint density at radius 1 is 1.46 bits per heavy atom. The molecule has 13 heavy (non-hydrogen) atoms. The van der Waals surface area contributed by atoms with Crippen LogP contribution in [0.25, 0.3) is 0 Å². The topological polar surface area (TPSA) is 43.4 Å². The first-order valence-electron chi connectivity index (χ1n) is 4.41. The molecule has 0 radical (unpaired) electrons. The van der Waals surface area contributed by atoms with Gasteiger partial charge in [0.25, 0.3) is 0 Å². The van der Waals surface area contributed by atoms with E-state index in [0.717, 1.165) is 12.7 Å². The maximum Gasteiger partial charge on any atom is 0.306 e. The second-order valence-electron chi connectivity index (χ2n) is 2.79. The van der Waals surface area contributed by atoms with Gasteiger partial charge in [-0.15, -0.1) is 0 Å². The van der Waals surface area contributed by atoms with Gasteiger partial charge in [0.1, 0.15) is 6.29 Å². The van der Waals surface area contributed by atoms with E-state index in [1.54, 1.807) is 0 Å². The average molecular weight is 184 g/mol. The molecule has 0 aliphatic rings. The summed E-state index contributed by atoms with van der Waals surface area (Å²) in [5.41, 5.74) is 0. The number of carbonyl (C=O) groups excluding carboxylic acids is 2. The number of hydrogen-bond donors (Lipinski definition) is 0. The van der Waals surface area contributed by atoms with Gasteiger partial charge in [0.15, 0.2) is 0 Å². The molecule has 0 fully saturated rings. The van der Waals surface area contributed by atoms with Crippen LogP contribution in [0.4, 0.5) is 0 Å². The van der Waals surface area contributed by atoms with Crippen molar-refractivity contribution < 1.29 is 14.3 Å². The molecule has 0 spiro atoms. The molecule has 1 unspecified atom stereocenters. The Labute approximate surface area is 78.8 Å². The molecule has 3 nitrogen and oxygen atoms in total. The van der Waals surface area contributed by atoms with Gasteiger partial charge in [-0.05, 0) is 12.8 Å². The van der Waals surface area contributed by atoms with Crippen LogP contribution in [-0.4, -0.2) is 19.4 Å². The summed E-state index contributed by atoms with van der Waals surface area (Å²) in [4.78, 5) is 21.3. The van der Waals surface area contributed by atoms with Crippen LogP contribution >= 0.6 is 0 Å². The Kier molecular flexibility index (Phi) is 6.88. The molecule has 0 rings (SSSR count). The number of ether oxygens (including phenoxy) is 1. The minimum Gasteiger partial charge on any atom is -0.469 e. The number of allylic oxidation sites excluding steroid dienone is 2. The highest BCUT2D eigenvalue weighted by molar-refractivity contribution is 5.73. The molecule has 0 amide bonds. The van der Waals surface area contributed by atoms with Gasteiger partial charge in [-0.2, -0.15) is 0 Å². The molecule has 0 aromatic rings. The lowest BCUT2D eigenvalue weighted by atomic mass is 10.0. The maximum absolute atomic E-state index is 10.8. The number of esters is 1. The van der Waals surface area contributed by atoms with Crippen LogP contribution in [0.2, 0.25) is 0 Å². The second-order valence-corrected chi connectivity index (χ2v) is 2.79. The minimum atomic E-state index is -0.331. The summed E-state index contributed by atoms with van der Waals surface area (Å²) in [6.07, 6.45) is 6.44. The molecule has 0 N–H and O–H groups in total. The van der Waals surface area contributed by atoms with E-state index in [9.17, 15) is 9.59 Å². The third kappa shape index (κ3) is 6.08. The molecular weight excluding hydrogens is 168 g/mol. The summed E-state index contributed by atoms with van der Waals surface area (Å²) < 4.78 is 4.47. The quantitative estimate of drug-likeness (QED) is 0.358. The summed E-state index contributed by atoms with van der Waals surface area (Å²) >= 11 is 0. The largest absolute Gasteiger partial charge is 0.469 e. The zero-order chi connectivity index (χ0) is 10.1. The van der Waals surface area contributed by atoms with Crippen LogP contribution < -0.4 is 0 Å². The van der Waals surface area contributed by atoms with E-state index in [-0.39, 0.29) is 18.3 Å². The van der Waals surface area contributed by atoms with Gasteiger partial charge < -0.3 is 9.53 Å². The normalized spacial score (nSPS) is 12.8. The molecule has 0 heterocycles. The van der Waals surface area contributed by atoms with Crippen molar-refractivity contribution >= 4 is 12.3 Å². The fraction of sp³-hybridized carbons (Fsp3) is 0.600. The van der Waals surface area contributed by atoms with Crippen LogP contribution in [0.1, 0.15) is 26.2 Å². The second kappa shape index (κ2) is 7.53. The number of methoxy groups -OCH3 is 1. The Morgan fingerprint density at radius 3 is 2.62 bits per heavy atom. The van der Waals surface area contributed by atoms with Crippen molar-refractivity contribution in [2.75, 3.05) is 7.11 Å². The maximum atomic E-state index is 10.8. The highest BCUT2D eigenvalue weighted by Gasteiger charge is 2.11. The van der Waals surface area contributed by atoms with E-state index in [4.69, 9.17) is 0 Å². The highest BCUT2D eigenvalue weighted by Crippen LogP contribution is 2.07. The molecule has 74 valence electrons. The Balaban J connectivity index is 3.82. The van der Waals surface area contributed by atoms with Gasteiger partial charge >= 0.3 is 5.97 Å². The summed E-state index contributed by atoms with van der Waals surface area (Å²) in [7, 11) is 1.33. The van der Waals surface area contributed by atoms with Crippen molar-refractivity contribution in [1.82, 2.24) is 0 Å². The first-order chi connectivity index (χ1) is 6.24. The van der Waals surface area contributed by atoms with Crippen LogP contribution in [0.15, 0.2) is 12.2 Å². The van der Waals surface area contributed by atoms with Crippen molar-refractivity contribution in [1.29, 1.82) is 0 Å². The molecule has 3 heteroatoms. The number of aldehydes is 1. The molecule has 0 aromatic carbocycles. The van der Waals surface area contributed by atoms with E-state index in [1.165, 1.54) is 7.11 Å². The Bertz CT molecular complexity index is 185. The summed E-state index contributed by atoms with van der Waals surface area (Å²) in [6.45, 7) is 2.02. The first-order valence-corrected chi connectivity index (χ1v) is 4.41. The van der Waals surface area contributed by atoms with Crippen LogP contribution in [-0.2, 0) is 14.3 Å². The Morgan fingerprint density at radius 2 is 2.15 bits per heavy atom. The fourth-order valence-electron chi connectivity index (χ4n) is 0.922. The lowest BCUT2D eigenvalue weighted by Gasteiger charge is -2.04. The van der Waals surface area contributed by atoms with E-state index in [1.807, 2.05) is 19.1 Å². The van der Waals surface area contributed by atoms with Crippen molar-refractivity contribution in [3.8, 4) is 0 Å². The molecule has 0 saturated carbocycles. The monoisotopic (exact) mass is 184 g/mol. The number of hydrogen-bond acceptors (Lipinski definition) is 3. The average Bonchev–Trinajstić information content (AvgIpc) is 2.16. The third-order valence-corrected chi connectivity index (χ3v) is 1.69. The van der Waals surface area contributed by atoms with Crippen molar-refractivity contribution in [2.45, 2.75) is 26.2 Å². The van der Waals surface area contributed by atoms with Gasteiger partial charge in [0, 0.05) is 5.92 Å². The molecule has 0 aliphatic heterocycles. The lowest BCUT2D eigenvalue weighted by molar-refractivity contribution is -0.142. The number of carbonyl (C=O) groups is 2. The van der Waals surface area contributed by atoms with Crippen molar-refractivity contribution in [3.05, 3.63) is 12.2 Å². The van der Waals surface area contributed by atoms with Gasteiger partial charge in [0.2, 0.25) is 0 Å². The summed E-state index contributed by atoms with van der Waals surface area (Å²) in [5, 5.41) is 0. The van der Waals surface area contributed by atoms with Crippen LogP contribution in [0.3, 0.4) is 0 Å². The van der Waals surface area contributed by atoms with Gasteiger partial charge in [-0.25, -0.2) is 0 Å². The lowest BCUT2D eigenvalue weighted by Crippen LogP contribution is -2.10. The zero-order valence-electron chi connectivity index (χ0n) is 8.16. The predicted octanol–water partition coefficient (Wildman–Crippen LogP) is 1.72. The smallest absolute Gasteiger partial charge is 0.306 e. The first kappa shape index (κ1) is 11.9. The SMILES string of the molecule is CC/C=C\CC(C=O)CC(=O)OC. The molecule has 1 atom stereocenters. The summed E-state index contributed by atoms with van der Waals surface area (Å²) in [5.74, 6) is -0.572. The van der Waals surface area contributed by atoms with Gasteiger partial charge in [-0.3, -0.25) is 4.79 Å². The van der Waals surface area contributed by atoms with Crippen LogP contribution in [0.5, 0.6) is 0 Å². The van der Waals surface area contributed by atoms with E-state index < -0.39 is 0 Å². The number of rotatable bonds is 6. The minimum absolute atomic E-state index is 0.175. The molecule has 0 bridgehead atoms. The van der Waals surface area contributed by atoms with Gasteiger partial charge in [0.05, 0.1) is 13.5 Å².